The Morgan fingerprint density at radius 3 is 2.35 bits per heavy atom. The summed E-state index contributed by atoms with van der Waals surface area (Å²) in [4.78, 5) is 8.13. The number of ether oxygens (including phenoxy) is 1. The van der Waals surface area contributed by atoms with E-state index in [-0.39, 0.29) is 11.6 Å². The van der Waals surface area contributed by atoms with Gasteiger partial charge in [0.1, 0.15) is 11.6 Å². The molecule has 0 spiro atoms. The normalized spacial score (nSPS) is 13.3. The zero-order valence-corrected chi connectivity index (χ0v) is 11.9. The van der Waals surface area contributed by atoms with Gasteiger partial charge in [-0.2, -0.15) is 0 Å². The summed E-state index contributed by atoms with van der Waals surface area (Å²) in [5.74, 6) is -0.0950. The fraction of sp³-hybridized carbons (Fsp3) is 0.200. The molecule has 0 radical (unpaired) electrons. The summed E-state index contributed by atoms with van der Waals surface area (Å²) in [5.41, 5.74) is 1.74. The molecular formula is C15H11F4N3O. The summed E-state index contributed by atoms with van der Waals surface area (Å²) in [6.07, 6.45) is -1.36. The van der Waals surface area contributed by atoms with Crippen molar-refractivity contribution in [2.24, 2.45) is 0 Å². The van der Waals surface area contributed by atoms with Crippen molar-refractivity contribution in [3.63, 3.8) is 0 Å². The van der Waals surface area contributed by atoms with Crippen molar-refractivity contribution in [2.75, 3.05) is 0 Å². The Kier molecular flexibility index (Phi) is 3.67. The van der Waals surface area contributed by atoms with Gasteiger partial charge in [-0.1, -0.05) is 12.1 Å². The molecule has 2 heterocycles. The highest BCUT2D eigenvalue weighted by Crippen LogP contribution is 2.27. The number of hydrogen-bond donors (Lipinski definition) is 0. The van der Waals surface area contributed by atoms with Gasteiger partial charge in [-0.15, -0.1) is 13.2 Å². The molecule has 4 nitrogen and oxygen atoms in total. The first kappa shape index (κ1) is 15.3. The van der Waals surface area contributed by atoms with E-state index in [0.29, 0.717) is 16.8 Å². The predicted octanol–water partition coefficient (Wildman–Crippen LogP) is 4.33. The second-order valence-corrected chi connectivity index (χ2v) is 4.88. The van der Waals surface area contributed by atoms with Crippen LogP contribution in [0.25, 0.3) is 16.8 Å². The van der Waals surface area contributed by atoms with Gasteiger partial charge in [0.15, 0.2) is 11.8 Å². The summed E-state index contributed by atoms with van der Waals surface area (Å²) in [5, 5.41) is 0. The fourth-order valence-electron chi connectivity index (χ4n) is 2.19. The largest absolute Gasteiger partial charge is 0.573 e. The predicted molar refractivity (Wildman–Crippen MR) is 74.6 cm³/mol. The van der Waals surface area contributed by atoms with Crippen LogP contribution >= 0.6 is 0 Å². The Morgan fingerprint density at radius 2 is 1.74 bits per heavy atom. The fourth-order valence-corrected chi connectivity index (χ4v) is 2.19. The molecule has 2 aromatic heterocycles. The number of nitrogens with zero attached hydrogens (tertiary/aromatic N) is 3. The van der Waals surface area contributed by atoms with Gasteiger partial charge in [-0.25, -0.2) is 14.4 Å². The molecule has 1 aromatic carbocycles. The van der Waals surface area contributed by atoms with Crippen LogP contribution in [0.5, 0.6) is 5.75 Å². The Bertz CT molecular complexity index is 825. The molecule has 0 aliphatic rings. The SMILES string of the molecule is CC(F)c1ncc2ncc(-c3ccc(OC(F)(F)F)cc3)cn12. The Labute approximate surface area is 128 Å². The summed E-state index contributed by atoms with van der Waals surface area (Å²) in [6.45, 7) is 1.37. The van der Waals surface area contributed by atoms with E-state index in [0.717, 1.165) is 0 Å². The zero-order chi connectivity index (χ0) is 16.6. The molecule has 8 heteroatoms. The molecule has 1 atom stereocenters. The van der Waals surface area contributed by atoms with Crippen molar-refractivity contribution in [3.8, 4) is 16.9 Å². The maximum Gasteiger partial charge on any atom is 0.573 e. The van der Waals surface area contributed by atoms with E-state index in [4.69, 9.17) is 0 Å². The maximum atomic E-state index is 13.5. The van der Waals surface area contributed by atoms with Gasteiger partial charge in [0, 0.05) is 18.0 Å². The van der Waals surface area contributed by atoms with Crippen molar-refractivity contribution in [2.45, 2.75) is 19.5 Å². The van der Waals surface area contributed by atoms with Crippen LogP contribution in [-0.4, -0.2) is 20.7 Å². The first-order valence-electron chi connectivity index (χ1n) is 6.67. The molecule has 0 saturated heterocycles. The van der Waals surface area contributed by atoms with Crippen LogP contribution in [0.4, 0.5) is 17.6 Å². The van der Waals surface area contributed by atoms with Gasteiger partial charge in [0.25, 0.3) is 0 Å². The van der Waals surface area contributed by atoms with Crippen LogP contribution in [-0.2, 0) is 0 Å². The quantitative estimate of drug-likeness (QED) is 0.673. The minimum atomic E-state index is -4.73. The van der Waals surface area contributed by atoms with Crippen LogP contribution < -0.4 is 4.74 Å². The number of imidazole rings is 1. The monoisotopic (exact) mass is 325 g/mol. The second-order valence-electron chi connectivity index (χ2n) is 4.88. The van der Waals surface area contributed by atoms with E-state index in [9.17, 15) is 17.6 Å². The van der Waals surface area contributed by atoms with E-state index in [1.54, 1.807) is 12.4 Å². The average molecular weight is 325 g/mol. The van der Waals surface area contributed by atoms with Gasteiger partial charge in [-0.3, -0.25) is 4.40 Å². The number of benzene rings is 1. The van der Waals surface area contributed by atoms with Gasteiger partial charge in [0.2, 0.25) is 0 Å². The molecule has 1 unspecified atom stereocenters. The van der Waals surface area contributed by atoms with Gasteiger partial charge < -0.3 is 4.74 Å². The first-order valence-corrected chi connectivity index (χ1v) is 6.67. The molecule has 23 heavy (non-hydrogen) atoms. The molecule has 0 amide bonds. The molecule has 0 aliphatic heterocycles. The molecule has 0 fully saturated rings. The van der Waals surface area contributed by atoms with Crippen molar-refractivity contribution < 1.29 is 22.3 Å². The highest BCUT2D eigenvalue weighted by atomic mass is 19.4. The summed E-state index contributed by atoms with van der Waals surface area (Å²) < 4.78 is 55.3. The van der Waals surface area contributed by atoms with Gasteiger partial charge in [0.05, 0.1) is 6.20 Å². The topological polar surface area (TPSA) is 39.4 Å². The maximum absolute atomic E-state index is 13.5. The van der Waals surface area contributed by atoms with E-state index in [1.807, 2.05) is 0 Å². The van der Waals surface area contributed by atoms with Crippen LogP contribution in [0.15, 0.2) is 42.9 Å². The van der Waals surface area contributed by atoms with Crippen LogP contribution in [0.3, 0.4) is 0 Å². The number of rotatable bonds is 3. The standard InChI is InChI=1S/C15H11F4N3O/c1-9(16)14-21-7-13-20-6-11(8-22(13)14)10-2-4-12(5-3-10)23-15(17,18)19/h2-9H,1H3. The summed E-state index contributed by atoms with van der Waals surface area (Å²) >= 11 is 0. The van der Waals surface area contributed by atoms with Crippen LogP contribution in [0, 0.1) is 0 Å². The lowest BCUT2D eigenvalue weighted by atomic mass is 10.1. The average Bonchev–Trinajstić information content (AvgIpc) is 2.89. The van der Waals surface area contributed by atoms with E-state index >= 15 is 0 Å². The number of hydrogen-bond acceptors (Lipinski definition) is 3. The smallest absolute Gasteiger partial charge is 0.406 e. The van der Waals surface area contributed by atoms with Crippen molar-refractivity contribution in [1.29, 1.82) is 0 Å². The van der Waals surface area contributed by atoms with Crippen molar-refractivity contribution in [3.05, 3.63) is 48.7 Å². The Balaban J connectivity index is 1.95. The lowest BCUT2D eigenvalue weighted by molar-refractivity contribution is -0.274. The molecular weight excluding hydrogens is 314 g/mol. The minimum Gasteiger partial charge on any atom is -0.406 e. The lowest BCUT2D eigenvalue weighted by Gasteiger charge is -2.09. The van der Waals surface area contributed by atoms with Gasteiger partial charge >= 0.3 is 6.36 Å². The number of fused-ring (bicyclic) bond motifs is 1. The number of alkyl halides is 4. The van der Waals surface area contributed by atoms with Crippen molar-refractivity contribution >= 4 is 5.65 Å². The number of halogens is 4. The van der Waals surface area contributed by atoms with Crippen LogP contribution in [0.2, 0.25) is 0 Å². The molecule has 120 valence electrons. The third kappa shape index (κ3) is 3.25. The highest BCUT2D eigenvalue weighted by molar-refractivity contribution is 5.63. The second kappa shape index (κ2) is 5.53. The first-order chi connectivity index (χ1) is 10.8. The Morgan fingerprint density at radius 1 is 1.04 bits per heavy atom. The third-order valence-corrected chi connectivity index (χ3v) is 3.19. The van der Waals surface area contributed by atoms with Crippen molar-refractivity contribution in [1.82, 2.24) is 14.4 Å². The third-order valence-electron chi connectivity index (χ3n) is 3.19. The van der Waals surface area contributed by atoms with E-state index in [2.05, 4.69) is 14.7 Å². The highest BCUT2D eigenvalue weighted by Gasteiger charge is 2.30. The minimum absolute atomic E-state index is 0.214. The molecule has 0 bridgehead atoms. The molecule has 0 N–H and O–H groups in total. The molecule has 0 saturated carbocycles. The number of aromatic nitrogens is 3. The molecule has 3 aromatic rings. The van der Waals surface area contributed by atoms with E-state index < -0.39 is 12.5 Å². The summed E-state index contributed by atoms with van der Waals surface area (Å²) in [6, 6.07) is 5.36. The molecule has 3 rings (SSSR count). The zero-order valence-electron chi connectivity index (χ0n) is 11.9. The summed E-state index contributed by atoms with van der Waals surface area (Å²) in [7, 11) is 0. The molecule has 0 aliphatic carbocycles. The van der Waals surface area contributed by atoms with Crippen LogP contribution in [0.1, 0.15) is 18.9 Å². The van der Waals surface area contributed by atoms with E-state index in [1.165, 1.54) is 41.8 Å². The Hall–Kier alpha value is -2.64. The lowest BCUT2D eigenvalue weighted by Crippen LogP contribution is -2.16. The van der Waals surface area contributed by atoms with Gasteiger partial charge in [-0.05, 0) is 24.6 Å².